The van der Waals surface area contributed by atoms with Crippen molar-refractivity contribution in [2.24, 2.45) is 0 Å². The van der Waals surface area contributed by atoms with Gasteiger partial charge >= 0.3 is 0 Å². The smallest absolute Gasteiger partial charge is 0.265 e. The lowest BCUT2D eigenvalue weighted by Gasteiger charge is -2.30. The van der Waals surface area contributed by atoms with Crippen molar-refractivity contribution in [2.45, 2.75) is 26.7 Å². The fourth-order valence-electron chi connectivity index (χ4n) is 3.34. The van der Waals surface area contributed by atoms with Crippen molar-refractivity contribution in [2.75, 3.05) is 79.1 Å². The molecule has 1 aromatic heterocycles. The van der Waals surface area contributed by atoms with Crippen LogP contribution in [0.25, 0.3) is 0 Å². The summed E-state index contributed by atoms with van der Waals surface area (Å²) in [6.07, 6.45) is 0.740. The largest absolute Gasteiger partial charge is 0.483 e. The number of thiophene rings is 1. The van der Waals surface area contributed by atoms with Gasteiger partial charge in [-0.2, -0.15) is 16.8 Å². The maximum absolute atomic E-state index is 10.9. The summed E-state index contributed by atoms with van der Waals surface area (Å²) in [4.78, 5) is 2.03. The van der Waals surface area contributed by atoms with Crippen LogP contribution in [-0.2, 0) is 20.2 Å². The van der Waals surface area contributed by atoms with Gasteiger partial charge in [0.25, 0.3) is 20.2 Å². The monoisotopic (exact) mass is 532 g/mol. The van der Waals surface area contributed by atoms with Gasteiger partial charge in [-0.1, -0.05) is 0 Å². The molecule has 0 aliphatic carbocycles. The third kappa shape index (κ3) is 12.9. The summed E-state index contributed by atoms with van der Waals surface area (Å²) in [5.41, 5.74) is 0. The molecule has 194 valence electrons. The van der Waals surface area contributed by atoms with Crippen molar-refractivity contribution in [3.8, 4) is 11.5 Å². The second kappa shape index (κ2) is 12.1. The Bertz CT molecular complexity index is 893. The van der Waals surface area contributed by atoms with Crippen LogP contribution in [0.3, 0.4) is 0 Å². The molecule has 0 saturated carbocycles. The first kappa shape index (κ1) is 30.1. The Kier molecular flexibility index (Phi) is 11.1. The zero-order valence-electron chi connectivity index (χ0n) is 20.5. The minimum absolute atomic E-state index is 0.249. The first-order valence-electron chi connectivity index (χ1n) is 10.8. The Balaban J connectivity index is 2.58. The molecule has 0 amide bonds. The number of hydrogen-bond acceptors (Lipinski definition) is 7. The van der Waals surface area contributed by atoms with Crippen molar-refractivity contribution >= 4 is 31.6 Å². The van der Waals surface area contributed by atoms with Crippen LogP contribution in [-0.4, -0.2) is 114 Å². The van der Waals surface area contributed by atoms with Crippen LogP contribution in [0.15, 0.2) is 0 Å². The molecule has 0 atom stereocenters. The van der Waals surface area contributed by atoms with Gasteiger partial charge in [0.15, 0.2) is 11.5 Å². The summed E-state index contributed by atoms with van der Waals surface area (Å²) < 4.78 is 74.7. The van der Waals surface area contributed by atoms with E-state index in [1.54, 1.807) is 11.3 Å². The molecule has 2 N–H and O–H groups in total. The normalized spacial score (nSPS) is 13.3. The molecule has 0 radical (unpaired) electrons. The highest BCUT2D eigenvalue weighted by Crippen LogP contribution is 2.41. The highest BCUT2D eigenvalue weighted by Gasteiger charge is 2.22. The molecule has 0 fully saturated rings. The van der Waals surface area contributed by atoms with Crippen molar-refractivity contribution in [3.63, 3.8) is 0 Å². The fourth-order valence-corrected chi connectivity index (χ4v) is 5.28. The minimum Gasteiger partial charge on any atom is -0.483 e. The van der Waals surface area contributed by atoms with Crippen LogP contribution in [0.5, 0.6) is 11.5 Å². The lowest BCUT2D eigenvalue weighted by atomic mass is 10.3. The molecule has 1 aromatic rings. The van der Waals surface area contributed by atoms with Crippen molar-refractivity contribution in [1.82, 2.24) is 0 Å². The predicted octanol–water partition coefficient (Wildman–Crippen LogP) is 1.83. The maximum Gasteiger partial charge on any atom is 0.265 e. The summed E-state index contributed by atoms with van der Waals surface area (Å²) in [5.74, 6) is 0.932. The van der Waals surface area contributed by atoms with E-state index in [2.05, 4.69) is 0 Å². The van der Waals surface area contributed by atoms with E-state index in [4.69, 9.17) is 18.6 Å². The molecular weight excluding hydrogens is 492 g/mol. The Morgan fingerprint density at radius 2 is 1.03 bits per heavy atom. The average Bonchev–Trinajstić information content (AvgIpc) is 2.85. The quantitative estimate of drug-likeness (QED) is 0.244. The van der Waals surface area contributed by atoms with Gasteiger partial charge in [0.05, 0.1) is 52.8 Å². The molecule has 10 nitrogen and oxygen atoms in total. The summed E-state index contributed by atoms with van der Waals surface area (Å²) in [5, 5.41) is 0. The molecule has 0 aromatic carbocycles. The fraction of sp³-hybridized carbons (Fsp3) is 0.800. The second-order valence-electron chi connectivity index (χ2n) is 9.61. The van der Waals surface area contributed by atoms with Gasteiger partial charge in [-0.15, -0.1) is 11.3 Å². The van der Waals surface area contributed by atoms with Gasteiger partial charge in [-0.05, 0) is 13.8 Å². The Morgan fingerprint density at radius 1 is 0.697 bits per heavy atom. The number of ether oxygens (including phenoxy) is 2. The lowest BCUT2D eigenvalue weighted by Crippen LogP contribution is -2.44. The van der Waals surface area contributed by atoms with Crippen LogP contribution in [0.4, 0.5) is 0 Å². The van der Waals surface area contributed by atoms with E-state index in [1.165, 1.54) is 0 Å². The van der Waals surface area contributed by atoms with Crippen LogP contribution < -0.4 is 9.47 Å². The maximum atomic E-state index is 10.9. The molecule has 0 unspecified atom stereocenters. The predicted molar refractivity (Wildman–Crippen MR) is 131 cm³/mol. The van der Waals surface area contributed by atoms with E-state index >= 15 is 0 Å². The molecule has 13 heteroatoms. The minimum atomic E-state index is -3.95. The number of rotatable bonds is 16. The zero-order valence-corrected chi connectivity index (χ0v) is 23.0. The average molecular weight is 533 g/mol. The first-order chi connectivity index (χ1) is 14.9. The van der Waals surface area contributed by atoms with Crippen LogP contribution in [0, 0.1) is 13.8 Å². The van der Waals surface area contributed by atoms with Crippen molar-refractivity contribution < 1.29 is 44.4 Å². The number of aryl methyl sites for hydroxylation is 2. The summed E-state index contributed by atoms with van der Waals surface area (Å²) in [6.45, 7) is 7.33. The Morgan fingerprint density at radius 3 is 1.33 bits per heavy atom. The number of nitrogens with zero attached hydrogens (tertiary/aromatic N) is 2. The van der Waals surface area contributed by atoms with E-state index in [-0.39, 0.29) is 11.5 Å². The molecule has 1 rings (SSSR count). The van der Waals surface area contributed by atoms with E-state index in [0.717, 1.165) is 9.75 Å². The van der Waals surface area contributed by atoms with E-state index in [9.17, 15) is 16.8 Å². The van der Waals surface area contributed by atoms with E-state index in [1.807, 2.05) is 42.0 Å². The molecule has 1 heterocycles. The highest BCUT2D eigenvalue weighted by molar-refractivity contribution is 7.86. The lowest BCUT2D eigenvalue weighted by molar-refractivity contribution is -0.890. The van der Waals surface area contributed by atoms with Gasteiger partial charge in [0.2, 0.25) is 0 Å². The van der Waals surface area contributed by atoms with Crippen molar-refractivity contribution in [3.05, 3.63) is 9.75 Å². The summed E-state index contributed by atoms with van der Waals surface area (Å²) in [6, 6.07) is 0. The highest BCUT2D eigenvalue weighted by atomic mass is 32.2. The summed E-state index contributed by atoms with van der Waals surface area (Å²) >= 11 is 1.60. The number of likely N-dealkylation sites (N-methyl/N-ethyl adjacent to an activating group) is 2. The second-order valence-corrected chi connectivity index (χ2v) is 14.2. The molecule has 0 saturated heterocycles. The zero-order chi connectivity index (χ0) is 25.5. The molecule has 0 aliphatic heterocycles. The van der Waals surface area contributed by atoms with Gasteiger partial charge in [0, 0.05) is 22.6 Å². The molecule has 0 bridgehead atoms. The SMILES string of the molecule is Cc1sc(C)c(OCC[N+](C)(C)CCCS(=O)(=O)O)c1OCC[N+](C)(C)CCCS(=O)(=O)O. The topological polar surface area (TPSA) is 127 Å². The molecule has 33 heavy (non-hydrogen) atoms. The van der Waals surface area contributed by atoms with Gasteiger partial charge in [0.1, 0.15) is 26.3 Å². The first-order valence-corrected chi connectivity index (χ1v) is 14.8. The standard InChI is InChI=1S/C20H38N2O8S3/c1-17-19(29-13-11-21(3,4)9-7-15-32(23,24)25)20(18(2)31-17)30-14-12-22(5,6)10-8-16-33(26,27)28/h7-16H2,1-6H3/p+2. The van der Waals surface area contributed by atoms with Crippen LogP contribution >= 0.6 is 11.3 Å². The summed E-state index contributed by atoms with van der Waals surface area (Å²) in [7, 11) is 0.0474. The van der Waals surface area contributed by atoms with Crippen LogP contribution in [0.1, 0.15) is 22.6 Å². The van der Waals surface area contributed by atoms with E-state index in [0.29, 0.717) is 72.7 Å². The third-order valence-electron chi connectivity index (χ3n) is 5.37. The van der Waals surface area contributed by atoms with Crippen molar-refractivity contribution in [1.29, 1.82) is 0 Å². The van der Waals surface area contributed by atoms with Gasteiger partial charge in [-0.3, -0.25) is 9.11 Å². The molecular formula is C20H40N2O8S3+2. The van der Waals surface area contributed by atoms with E-state index < -0.39 is 20.2 Å². The molecule has 0 aliphatic rings. The van der Waals surface area contributed by atoms with Gasteiger partial charge in [-0.25, -0.2) is 0 Å². The Labute approximate surface area is 202 Å². The molecule has 0 spiro atoms. The van der Waals surface area contributed by atoms with Crippen LogP contribution in [0.2, 0.25) is 0 Å². The number of hydrogen-bond donors (Lipinski definition) is 2. The van der Waals surface area contributed by atoms with Gasteiger partial charge < -0.3 is 18.4 Å². The Hall–Kier alpha value is -0.960. The third-order valence-corrected chi connectivity index (χ3v) is 7.96. The number of quaternary nitrogens is 2.